The van der Waals surface area contributed by atoms with E-state index in [0.717, 1.165) is 33.7 Å². The van der Waals surface area contributed by atoms with E-state index in [-0.39, 0.29) is 5.82 Å². The lowest BCUT2D eigenvalue weighted by Crippen LogP contribution is -2.19. The van der Waals surface area contributed by atoms with Gasteiger partial charge in [-0.05, 0) is 61.5 Å². The van der Waals surface area contributed by atoms with E-state index < -0.39 is 0 Å². The maximum atomic E-state index is 13.3. The molecule has 0 spiro atoms. The Morgan fingerprint density at radius 1 is 0.828 bits per heavy atom. The lowest BCUT2D eigenvalue weighted by atomic mass is 9.98. The average Bonchev–Trinajstić information content (AvgIpc) is 2.93. The molecule has 0 saturated carbocycles. The van der Waals surface area contributed by atoms with Gasteiger partial charge < -0.3 is 9.47 Å². The summed E-state index contributed by atoms with van der Waals surface area (Å²) in [4.78, 5) is 4.74. The molecule has 0 aliphatic carbocycles. The van der Waals surface area contributed by atoms with Gasteiger partial charge >= 0.3 is 0 Å². The molecule has 6 heteroatoms. The minimum Gasteiger partial charge on any atom is -0.493 e. The van der Waals surface area contributed by atoms with E-state index in [0.29, 0.717) is 17.3 Å². The van der Waals surface area contributed by atoms with E-state index in [4.69, 9.17) is 14.5 Å². The van der Waals surface area contributed by atoms with E-state index in [2.05, 4.69) is 10.5 Å². The van der Waals surface area contributed by atoms with Crippen LogP contribution < -0.4 is 14.9 Å². The number of fused-ring (bicyclic) bond motifs is 1. The normalized spacial score (nSPS) is 12.8. The topological polar surface area (TPSA) is 55.2 Å². The minimum absolute atomic E-state index is 0.298. The summed E-state index contributed by atoms with van der Waals surface area (Å²) in [6.45, 7) is 2.02. The number of rotatable bonds is 4. The van der Waals surface area contributed by atoms with Gasteiger partial charge in [-0.2, -0.15) is 5.10 Å². The van der Waals surface area contributed by atoms with Crippen molar-refractivity contribution in [2.75, 3.05) is 14.2 Å². The molecule has 1 heterocycles. The Balaban J connectivity index is 1.85. The van der Waals surface area contributed by atoms with Crippen molar-refractivity contribution >= 4 is 17.2 Å². The number of aryl methyl sites for hydroxylation is 1. The molecule has 0 amide bonds. The van der Waals surface area contributed by atoms with Gasteiger partial charge in [0.15, 0.2) is 17.3 Å². The highest BCUT2D eigenvalue weighted by Crippen LogP contribution is 2.32. The highest BCUT2D eigenvalue weighted by atomic mass is 19.1. The first-order chi connectivity index (χ1) is 14.1. The number of hydrogen-bond donors (Lipinski definition) is 1. The lowest BCUT2D eigenvalue weighted by molar-refractivity contribution is 0.355. The third-order valence-electron chi connectivity index (χ3n) is 4.69. The molecule has 0 radical (unpaired) electrons. The Hall–Kier alpha value is -3.67. The van der Waals surface area contributed by atoms with Crippen LogP contribution in [0.5, 0.6) is 11.5 Å². The molecule has 3 aromatic rings. The van der Waals surface area contributed by atoms with Gasteiger partial charge in [0.1, 0.15) is 11.5 Å². The van der Waals surface area contributed by atoms with Crippen LogP contribution in [0.1, 0.15) is 22.3 Å². The van der Waals surface area contributed by atoms with E-state index in [1.54, 1.807) is 26.4 Å². The quantitative estimate of drug-likeness (QED) is 0.710. The number of hydrazone groups is 1. The number of hydrogen-bond acceptors (Lipinski definition) is 5. The molecule has 5 nitrogen and oxygen atoms in total. The first kappa shape index (κ1) is 18.7. The largest absolute Gasteiger partial charge is 0.493 e. The zero-order chi connectivity index (χ0) is 20.4. The van der Waals surface area contributed by atoms with Crippen LogP contribution in [0.15, 0.2) is 70.8 Å². The molecular weight excluding hydrogens is 369 g/mol. The van der Waals surface area contributed by atoms with Gasteiger partial charge in [-0.1, -0.05) is 11.6 Å². The van der Waals surface area contributed by atoms with Crippen LogP contribution in [0.25, 0.3) is 0 Å². The number of halogens is 1. The first-order valence-electron chi connectivity index (χ1n) is 9.11. The van der Waals surface area contributed by atoms with Crippen molar-refractivity contribution in [3.8, 4) is 11.5 Å². The molecule has 0 aromatic heterocycles. The average molecular weight is 389 g/mol. The molecule has 29 heavy (non-hydrogen) atoms. The van der Waals surface area contributed by atoms with Crippen molar-refractivity contribution in [1.82, 2.24) is 5.43 Å². The van der Waals surface area contributed by atoms with E-state index >= 15 is 0 Å². The zero-order valence-electron chi connectivity index (χ0n) is 16.4. The monoisotopic (exact) mass is 389 g/mol. The smallest absolute Gasteiger partial charge is 0.161 e. The SMILES string of the molecule is COc1ccc(C2=NNC(c3ccc(F)cc3)=Nc3ccc(C)cc32)cc1OC. The van der Waals surface area contributed by atoms with Crippen LogP contribution in [0.2, 0.25) is 0 Å². The fraction of sp³-hybridized carbons (Fsp3) is 0.130. The second kappa shape index (κ2) is 7.75. The molecule has 0 bridgehead atoms. The summed E-state index contributed by atoms with van der Waals surface area (Å²) in [7, 11) is 3.20. The van der Waals surface area contributed by atoms with Crippen molar-refractivity contribution in [3.05, 3.63) is 88.7 Å². The molecule has 0 atom stereocenters. The molecule has 1 N–H and O–H groups in total. The summed E-state index contributed by atoms with van der Waals surface area (Å²) in [5.41, 5.74) is 8.13. The van der Waals surface area contributed by atoms with Crippen molar-refractivity contribution in [1.29, 1.82) is 0 Å². The zero-order valence-corrected chi connectivity index (χ0v) is 16.4. The van der Waals surface area contributed by atoms with Crippen molar-refractivity contribution < 1.29 is 13.9 Å². The lowest BCUT2D eigenvalue weighted by Gasteiger charge is -2.12. The van der Waals surface area contributed by atoms with E-state index in [1.165, 1.54) is 12.1 Å². The highest BCUT2D eigenvalue weighted by Gasteiger charge is 2.19. The van der Waals surface area contributed by atoms with Gasteiger partial charge in [0.05, 0.1) is 19.9 Å². The Kier molecular flexibility index (Phi) is 4.99. The molecule has 146 valence electrons. The number of aliphatic imine (C=N–C) groups is 1. The summed E-state index contributed by atoms with van der Waals surface area (Å²) in [5, 5.41) is 4.63. The predicted molar refractivity (Wildman–Crippen MR) is 112 cm³/mol. The Labute approximate surface area is 168 Å². The summed E-state index contributed by atoms with van der Waals surface area (Å²) >= 11 is 0. The van der Waals surface area contributed by atoms with Gasteiger partial charge in [0, 0.05) is 16.7 Å². The van der Waals surface area contributed by atoms with Gasteiger partial charge in [0.2, 0.25) is 0 Å². The maximum absolute atomic E-state index is 13.3. The van der Waals surface area contributed by atoms with Crippen LogP contribution in [0.4, 0.5) is 10.1 Å². The summed E-state index contributed by atoms with van der Waals surface area (Å²) in [6, 6.07) is 17.8. The second-order valence-electron chi connectivity index (χ2n) is 6.63. The Morgan fingerprint density at radius 2 is 1.55 bits per heavy atom. The van der Waals surface area contributed by atoms with Crippen LogP contribution in [-0.2, 0) is 0 Å². The van der Waals surface area contributed by atoms with Gasteiger partial charge in [-0.25, -0.2) is 9.38 Å². The molecule has 4 rings (SSSR count). The number of ether oxygens (including phenoxy) is 2. The molecule has 3 aromatic carbocycles. The number of nitrogens with zero attached hydrogens (tertiary/aromatic N) is 2. The van der Waals surface area contributed by atoms with Crippen molar-refractivity contribution in [2.24, 2.45) is 10.1 Å². The van der Waals surface area contributed by atoms with Crippen LogP contribution in [-0.4, -0.2) is 25.8 Å². The fourth-order valence-electron chi connectivity index (χ4n) is 3.19. The summed E-state index contributed by atoms with van der Waals surface area (Å²) < 4.78 is 24.1. The van der Waals surface area contributed by atoms with E-state index in [1.807, 2.05) is 43.3 Å². The van der Waals surface area contributed by atoms with Crippen LogP contribution >= 0.6 is 0 Å². The van der Waals surface area contributed by atoms with Crippen molar-refractivity contribution in [2.45, 2.75) is 6.92 Å². The fourth-order valence-corrected chi connectivity index (χ4v) is 3.19. The summed E-state index contributed by atoms with van der Waals surface area (Å²) in [6.07, 6.45) is 0. The number of nitrogens with one attached hydrogen (secondary N) is 1. The summed E-state index contributed by atoms with van der Waals surface area (Å²) in [5.74, 6) is 1.51. The molecule has 0 unspecified atom stereocenters. The highest BCUT2D eigenvalue weighted by molar-refractivity contribution is 6.18. The van der Waals surface area contributed by atoms with Gasteiger partial charge in [-0.3, -0.25) is 5.43 Å². The Morgan fingerprint density at radius 3 is 2.28 bits per heavy atom. The molecule has 0 saturated heterocycles. The standard InChI is InChI=1S/C23H20FN3O2/c1-14-4-10-19-18(12-14)22(16-7-11-20(28-2)21(13-16)29-3)26-27-23(25-19)15-5-8-17(24)9-6-15/h4-13H,1-3H3,(H,25,27). The van der Waals surface area contributed by atoms with Crippen LogP contribution in [0.3, 0.4) is 0 Å². The number of methoxy groups -OCH3 is 2. The van der Waals surface area contributed by atoms with Crippen molar-refractivity contribution in [3.63, 3.8) is 0 Å². The molecule has 1 aliphatic heterocycles. The first-order valence-corrected chi connectivity index (χ1v) is 9.11. The Bertz CT molecular complexity index is 1120. The minimum atomic E-state index is -0.298. The number of amidine groups is 1. The maximum Gasteiger partial charge on any atom is 0.161 e. The third kappa shape index (κ3) is 3.69. The second-order valence-corrected chi connectivity index (χ2v) is 6.63. The van der Waals surface area contributed by atoms with E-state index in [9.17, 15) is 4.39 Å². The van der Waals surface area contributed by atoms with Gasteiger partial charge in [-0.15, -0.1) is 0 Å². The predicted octanol–water partition coefficient (Wildman–Crippen LogP) is 4.59. The van der Waals surface area contributed by atoms with Gasteiger partial charge in [0.25, 0.3) is 0 Å². The molecule has 0 fully saturated rings. The van der Waals surface area contributed by atoms with Crippen LogP contribution in [0, 0.1) is 12.7 Å². The number of benzene rings is 3. The third-order valence-corrected chi connectivity index (χ3v) is 4.69. The molecular formula is C23H20FN3O2. The molecule has 1 aliphatic rings.